The molecule has 3 rings (SSSR count). The molecule has 0 bridgehead atoms. The largest absolute Gasteiger partial charge is 0.364 e. The van der Waals surface area contributed by atoms with E-state index in [0.717, 1.165) is 41.6 Å². The third-order valence-electron chi connectivity index (χ3n) is 3.50. The monoisotopic (exact) mass is 320 g/mol. The third-order valence-corrected chi connectivity index (χ3v) is 3.93. The van der Waals surface area contributed by atoms with Gasteiger partial charge in [0.1, 0.15) is 5.52 Å². The van der Waals surface area contributed by atoms with Gasteiger partial charge in [-0.15, -0.1) is 0 Å². The van der Waals surface area contributed by atoms with Crippen LogP contribution in [0.2, 0.25) is 0 Å². The average Bonchev–Trinajstić information content (AvgIpc) is 2.35. The molecule has 1 saturated heterocycles. The normalized spacial score (nSPS) is 15.5. The van der Waals surface area contributed by atoms with Crippen LogP contribution in [0.25, 0.3) is 11.0 Å². The number of aromatic nitrogens is 2. The van der Waals surface area contributed by atoms with Crippen molar-refractivity contribution in [2.75, 3.05) is 24.5 Å². The quantitative estimate of drug-likeness (QED) is 0.940. The molecular formula is C14H17BrN4. The fraction of sp³-hybridized carbons (Fsp3) is 0.429. The van der Waals surface area contributed by atoms with Gasteiger partial charge in [0, 0.05) is 36.5 Å². The third kappa shape index (κ3) is 2.44. The number of pyridine rings is 2. The number of halogens is 1. The molecule has 0 spiro atoms. The van der Waals surface area contributed by atoms with Crippen LogP contribution in [0.5, 0.6) is 0 Å². The van der Waals surface area contributed by atoms with Crippen molar-refractivity contribution in [1.29, 1.82) is 0 Å². The van der Waals surface area contributed by atoms with Crippen LogP contribution in [0.4, 0.5) is 5.69 Å². The fourth-order valence-corrected chi connectivity index (χ4v) is 2.78. The van der Waals surface area contributed by atoms with E-state index in [4.69, 9.17) is 0 Å². The Morgan fingerprint density at radius 3 is 2.95 bits per heavy atom. The Balaban J connectivity index is 2.06. The topological polar surface area (TPSA) is 41.1 Å². The van der Waals surface area contributed by atoms with Crippen LogP contribution in [0.15, 0.2) is 29.0 Å². The highest BCUT2D eigenvalue weighted by molar-refractivity contribution is 9.10. The molecule has 0 aromatic carbocycles. The molecule has 4 nitrogen and oxygen atoms in total. The number of hydrogen-bond donors (Lipinski definition) is 1. The summed E-state index contributed by atoms with van der Waals surface area (Å²) < 4.78 is 0.969. The van der Waals surface area contributed by atoms with Gasteiger partial charge in [-0.05, 0) is 34.5 Å². The smallest absolute Gasteiger partial charge is 0.112 e. The Kier molecular flexibility index (Phi) is 3.66. The van der Waals surface area contributed by atoms with Crippen molar-refractivity contribution in [2.45, 2.75) is 19.4 Å². The number of anilines is 1. The second-order valence-electron chi connectivity index (χ2n) is 4.86. The maximum atomic E-state index is 4.55. The van der Waals surface area contributed by atoms with E-state index in [2.05, 4.69) is 49.1 Å². The van der Waals surface area contributed by atoms with E-state index in [1.54, 1.807) is 0 Å². The average molecular weight is 321 g/mol. The Hall–Kier alpha value is -1.20. The zero-order chi connectivity index (χ0) is 13.2. The minimum absolute atomic E-state index is 0.580. The SMILES string of the molecule is CCCN(c1ccnc2cc(Br)cnc12)C1CNC1. The van der Waals surface area contributed by atoms with Crippen molar-refractivity contribution in [3.63, 3.8) is 0 Å². The van der Waals surface area contributed by atoms with Crippen molar-refractivity contribution < 1.29 is 0 Å². The summed E-state index contributed by atoms with van der Waals surface area (Å²) in [4.78, 5) is 11.4. The van der Waals surface area contributed by atoms with Crippen LogP contribution in [-0.2, 0) is 0 Å². The molecule has 0 unspecified atom stereocenters. The van der Waals surface area contributed by atoms with Gasteiger partial charge in [0.2, 0.25) is 0 Å². The van der Waals surface area contributed by atoms with Gasteiger partial charge in [-0.1, -0.05) is 6.92 Å². The summed E-state index contributed by atoms with van der Waals surface area (Å²) in [7, 11) is 0. The standard InChI is InChI=1S/C14H17BrN4/c1-2-5-19(11-8-16-9-11)13-3-4-17-12-6-10(15)7-18-14(12)13/h3-4,6-7,11,16H,2,5,8-9H2,1H3. The Labute approximate surface area is 121 Å². The van der Waals surface area contributed by atoms with Gasteiger partial charge < -0.3 is 10.2 Å². The van der Waals surface area contributed by atoms with Crippen LogP contribution in [0, 0.1) is 0 Å². The molecule has 5 heteroatoms. The molecule has 19 heavy (non-hydrogen) atoms. The zero-order valence-corrected chi connectivity index (χ0v) is 12.5. The van der Waals surface area contributed by atoms with Crippen molar-refractivity contribution >= 4 is 32.7 Å². The summed E-state index contributed by atoms with van der Waals surface area (Å²) in [6, 6.07) is 4.68. The van der Waals surface area contributed by atoms with Gasteiger partial charge in [-0.25, -0.2) is 0 Å². The van der Waals surface area contributed by atoms with Crippen LogP contribution < -0.4 is 10.2 Å². The van der Waals surface area contributed by atoms with E-state index >= 15 is 0 Å². The summed E-state index contributed by atoms with van der Waals surface area (Å²) in [5.74, 6) is 0. The lowest BCUT2D eigenvalue weighted by Gasteiger charge is -2.40. The summed E-state index contributed by atoms with van der Waals surface area (Å²) in [6.45, 7) is 5.39. The highest BCUT2D eigenvalue weighted by Gasteiger charge is 2.25. The number of rotatable bonds is 4. The summed E-state index contributed by atoms with van der Waals surface area (Å²) >= 11 is 3.45. The zero-order valence-electron chi connectivity index (χ0n) is 10.9. The van der Waals surface area contributed by atoms with Crippen molar-refractivity contribution in [2.24, 2.45) is 0 Å². The maximum absolute atomic E-state index is 4.55. The molecule has 2 aromatic heterocycles. The molecule has 100 valence electrons. The summed E-state index contributed by atoms with van der Waals surface area (Å²) in [6.07, 6.45) is 4.86. The molecule has 0 saturated carbocycles. The maximum Gasteiger partial charge on any atom is 0.112 e. The molecule has 3 heterocycles. The lowest BCUT2D eigenvalue weighted by Crippen LogP contribution is -2.57. The van der Waals surface area contributed by atoms with Gasteiger partial charge in [0.15, 0.2) is 0 Å². The van der Waals surface area contributed by atoms with E-state index in [0.29, 0.717) is 6.04 Å². The highest BCUT2D eigenvalue weighted by Crippen LogP contribution is 2.27. The van der Waals surface area contributed by atoms with Gasteiger partial charge in [-0.2, -0.15) is 0 Å². The highest BCUT2D eigenvalue weighted by atomic mass is 79.9. The number of fused-ring (bicyclic) bond motifs is 1. The van der Waals surface area contributed by atoms with Gasteiger partial charge in [0.05, 0.1) is 17.2 Å². The second kappa shape index (κ2) is 5.43. The van der Waals surface area contributed by atoms with Crippen molar-refractivity contribution in [3.8, 4) is 0 Å². The van der Waals surface area contributed by atoms with E-state index in [1.807, 2.05) is 18.5 Å². The second-order valence-corrected chi connectivity index (χ2v) is 5.77. The predicted molar refractivity (Wildman–Crippen MR) is 81.5 cm³/mol. The molecule has 2 aromatic rings. The first-order valence-corrected chi connectivity index (χ1v) is 7.46. The molecule has 1 aliphatic rings. The van der Waals surface area contributed by atoms with E-state index in [1.165, 1.54) is 5.69 Å². The summed E-state index contributed by atoms with van der Waals surface area (Å²) in [5.41, 5.74) is 3.14. The lowest BCUT2D eigenvalue weighted by atomic mass is 10.1. The van der Waals surface area contributed by atoms with Crippen LogP contribution in [-0.4, -0.2) is 35.6 Å². The number of nitrogens with zero attached hydrogens (tertiary/aromatic N) is 3. The van der Waals surface area contributed by atoms with E-state index in [9.17, 15) is 0 Å². The van der Waals surface area contributed by atoms with Gasteiger partial charge in [-0.3, -0.25) is 9.97 Å². The summed E-state index contributed by atoms with van der Waals surface area (Å²) in [5, 5.41) is 3.34. The first kappa shape index (κ1) is 12.8. The number of nitrogens with one attached hydrogen (secondary N) is 1. The molecule has 0 aliphatic carbocycles. The molecule has 1 fully saturated rings. The first-order chi connectivity index (χ1) is 9.29. The minimum Gasteiger partial charge on any atom is -0.364 e. The van der Waals surface area contributed by atoms with Gasteiger partial charge >= 0.3 is 0 Å². The molecule has 0 atom stereocenters. The van der Waals surface area contributed by atoms with Crippen molar-refractivity contribution in [1.82, 2.24) is 15.3 Å². The Morgan fingerprint density at radius 1 is 1.42 bits per heavy atom. The molecule has 0 amide bonds. The lowest BCUT2D eigenvalue weighted by molar-refractivity contribution is 0.413. The molecule has 1 aliphatic heterocycles. The van der Waals surface area contributed by atoms with E-state index < -0.39 is 0 Å². The number of hydrogen-bond acceptors (Lipinski definition) is 4. The van der Waals surface area contributed by atoms with E-state index in [-0.39, 0.29) is 0 Å². The van der Waals surface area contributed by atoms with Crippen molar-refractivity contribution in [3.05, 3.63) is 29.0 Å². The Bertz CT molecular complexity index is 583. The molecule has 0 radical (unpaired) electrons. The Morgan fingerprint density at radius 2 is 2.26 bits per heavy atom. The van der Waals surface area contributed by atoms with Crippen LogP contribution >= 0.6 is 15.9 Å². The fourth-order valence-electron chi connectivity index (χ4n) is 2.46. The molecular weight excluding hydrogens is 304 g/mol. The van der Waals surface area contributed by atoms with Crippen LogP contribution in [0.3, 0.4) is 0 Å². The predicted octanol–water partition coefficient (Wildman–Crippen LogP) is 2.58. The van der Waals surface area contributed by atoms with Gasteiger partial charge in [0.25, 0.3) is 0 Å². The first-order valence-electron chi connectivity index (χ1n) is 6.67. The molecule has 1 N–H and O–H groups in total. The minimum atomic E-state index is 0.580. The van der Waals surface area contributed by atoms with Crippen LogP contribution in [0.1, 0.15) is 13.3 Å².